The number of amides is 1. The molecule has 0 bridgehead atoms. The summed E-state index contributed by atoms with van der Waals surface area (Å²) in [5.41, 5.74) is -0.757. The van der Waals surface area contributed by atoms with Gasteiger partial charge in [-0.05, 0) is 20.8 Å². The predicted octanol–water partition coefficient (Wildman–Crippen LogP) is 1.01. The summed E-state index contributed by atoms with van der Waals surface area (Å²) in [7, 11) is 0. The molecule has 0 atom stereocenters. The summed E-state index contributed by atoms with van der Waals surface area (Å²) in [5.74, 6) is -3.80. The molecule has 100 valence electrons. The topological polar surface area (TPSA) is 78.1 Å². The zero-order chi connectivity index (χ0) is 12.6. The fraction of sp³-hybridized carbons (Fsp3) is 0.800. The number of carbonyl (C=O) groups is 2. The van der Waals surface area contributed by atoms with Gasteiger partial charge in [0.2, 0.25) is 0 Å². The van der Waals surface area contributed by atoms with Crippen LogP contribution in [0.2, 0.25) is 0 Å². The lowest BCUT2D eigenvalue weighted by Crippen LogP contribution is -2.51. The third-order valence-corrected chi connectivity index (χ3v) is 1.90. The van der Waals surface area contributed by atoms with Gasteiger partial charge in [0.15, 0.2) is 5.78 Å². The van der Waals surface area contributed by atoms with Crippen molar-refractivity contribution in [1.29, 1.82) is 0 Å². The summed E-state index contributed by atoms with van der Waals surface area (Å²) in [4.78, 5) is 23.2. The van der Waals surface area contributed by atoms with E-state index < -0.39 is 36.4 Å². The maximum Gasteiger partial charge on any atom is 0.410 e. The third kappa shape index (κ3) is 5.08. The fourth-order valence-corrected chi connectivity index (χ4v) is 1.40. The van der Waals surface area contributed by atoms with Crippen LogP contribution in [0.25, 0.3) is 0 Å². The van der Waals surface area contributed by atoms with Gasteiger partial charge >= 0.3 is 6.09 Å². The van der Waals surface area contributed by atoms with E-state index in [4.69, 9.17) is 4.74 Å². The van der Waals surface area contributed by atoms with E-state index in [2.05, 4.69) is 0 Å². The Balaban J connectivity index is 0.00000256. The molecule has 1 amide bonds. The minimum Gasteiger partial charge on any atom is -0.444 e. The number of hydrogen-bond donors (Lipinski definition) is 0. The number of carbonyl (C=O) groups excluding carboxylic acids is 2. The number of ether oxygens (including phenoxy) is 1. The smallest absolute Gasteiger partial charge is 0.410 e. The Morgan fingerprint density at radius 3 is 2.35 bits per heavy atom. The second kappa shape index (κ2) is 4.95. The summed E-state index contributed by atoms with van der Waals surface area (Å²) in [6.07, 6.45) is -1.67. The highest BCUT2D eigenvalue weighted by Crippen LogP contribution is 2.25. The number of ketones is 1. The second-order valence-corrected chi connectivity index (χ2v) is 4.91. The van der Waals surface area contributed by atoms with Gasteiger partial charge in [0.05, 0.1) is 19.5 Å². The highest BCUT2D eigenvalue weighted by molar-refractivity contribution is 5.86. The normalized spacial score (nSPS) is 19.6. The van der Waals surface area contributed by atoms with E-state index in [0.29, 0.717) is 0 Å². The third-order valence-electron chi connectivity index (χ3n) is 1.90. The van der Waals surface area contributed by atoms with Crippen molar-refractivity contribution >= 4 is 11.9 Å². The van der Waals surface area contributed by atoms with E-state index in [1.54, 1.807) is 20.8 Å². The van der Waals surface area contributed by atoms with Crippen molar-refractivity contribution in [3.05, 3.63) is 0 Å². The number of likely N-dealkylation sites (tertiary alicyclic amines) is 1. The molecule has 0 radical (unpaired) electrons. The lowest BCUT2D eigenvalue weighted by molar-refractivity contribution is -0.137. The van der Waals surface area contributed by atoms with E-state index in [1.165, 1.54) is 0 Å². The summed E-state index contributed by atoms with van der Waals surface area (Å²) in [5, 5.41) is 0. The summed E-state index contributed by atoms with van der Waals surface area (Å²) >= 11 is 0. The van der Waals surface area contributed by atoms with Gasteiger partial charge in [-0.1, -0.05) is 0 Å². The Morgan fingerprint density at radius 1 is 1.41 bits per heavy atom. The van der Waals surface area contributed by atoms with Crippen molar-refractivity contribution < 1.29 is 28.6 Å². The zero-order valence-electron chi connectivity index (χ0n) is 10.0. The number of rotatable bonds is 0. The molecule has 1 aliphatic rings. The van der Waals surface area contributed by atoms with Crippen molar-refractivity contribution in [2.24, 2.45) is 0 Å². The Hall–Kier alpha value is -1.24. The monoisotopic (exact) mass is 253 g/mol. The molecule has 2 N–H and O–H groups in total. The van der Waals surface area contributed by atoms with Gasteiger partial charge in [0, 0.05) is 0 Å². The predicted molar refractivity (Wildman–Crippen MR) is 56.0 cm³/mol. The molecular formula is C10H17F2NO4. The number of halogens is 2. The molecule has 1 heterocycles. The van der Waals surface area contributed by atoms with Gasteiger partial charge in [-0.2, -0.15) is 0 Å². The molecule has 0 aromatic rings. The highest BCUT2D eigenvalue weighted by Gasteiger charge is 2.42. The Bertz CT molecular complexity index is 312. The van der Waals surface area contributed by atoms with Crippen molar-refractivity contribution in [1.82, 2.24) is 4.90 Å². The fourth-order valence-electron chi connectivity index (χ4n) is 1.40. The second-order valence-electron chi connectivity index (χ2n) is 4.91. The van der Waals surface area contributed by atoms with Gasteiger partial charge in [-0.25, -0.2) is 13.6 Å². The molecule has 0 aromatic carbocycles. The summed E-state index contributed by atoms with van der Waals surface area (Å²) in [6, 6.07) is 0. The SMILES string of the molecule is CC(C)(C)OC(=O)N1CC(=O)CC(F)(F)C1.O. The molecular weight excluding hydrogens is 236 g/mol. The average molecular weight is 253 g/mol. The van der Waals surface area contributed by atoms with Crippen LogP contribution in [-0.2, 0) is 9.53 Å². The first-order chi connectivity index (χ1) is 7.09. The van der Waals surface area contributed by atoms with Crippen LogP contribution in [0.4, 0.5) is 13.6 Å². The molecule has 1 rings (SSSR count). The van der Waals surface area contributed by atoms with Crippen molar-refractivity contribution in [3.8, 4) is 0 Å². The van der Waals surface area contributed by atoms with E-state index in [0.717, 1.165) is 4.90 Å². The van der Waals surface area contributed by atoms with Crippen molar-refractivity contribution in [2.45, 2.75) is 38.7 Å². The minimum atomic E-state index is -3.15. The zero-order valence-corrected chi connectivity index (χ0v) is 10.0. The van der Waals surface area contributed by atoms with Crippen LogP contribution in [-0.4, -0.2) is 46.9 Å². The van der Waals surface area contributed by atoms with Gasteiger partial charge in [-0.15, -0.1) is 0 Å². The maximum atomic E-state index is 13.0. The molecule has 0 saturated carbocycles. The molecule has 1 saturated heterocycles. The molecule has 0 aliphatic carbocycles. The molecule has 1 fully saturated rings. The van der Waals surface area contributed by atoms with Gasteiger partial charge in [-0.3, -0.25) is 9.69 Å². The van der Waals surface area contributed by atoms with Crippen LogP contribution < -0.4 is 0 Å². The molecule has 0 unspecified atom stereocenters. The number of piperidine rings is 1. The van der Waals surface area contributed by atoms with Crippen LogP contribution in [0.15, 0.2) is 0 Å². The average Bonchev–Trinajstić information content (AvgIpc) is 1.96. The maximum absolute atomic E-state index is 13.0. The number of nitrogens with zero attached hydrogens (tertiary/aromatic N) is 1. The molecule has 1 aliphatic heterocycles. The quantitative estimate of drug-likeness (QED) is 0.646. The van der Waals surface area contributed by atoms with Crippen LogP contribution in [0, 0.1) is 0 Å². The summed E-state index contributed by atoms with van der Waals surface area (Å²) in [6.45, 7) is 3.84. The molecule has 17 heavy (non-hydrogen) atoms. The molecule has 0 aromatic heterocycles. The Kier molecular flexibility index (Phi) is 4.59. The van der Waals surface area contributed by atoms with Crippen molar-refractivity contribution in [3.63, 3.8) is 0 Å². The first kappa shape index (κ1) is 15.8. The largest absolute Gasteiger partial charge is 0.444 e. The summed E-state index contributed by atoms with van der Waals surface area (Å²) < 4.78 is 31.0. The van der Waals surface area contributed by atoms with E-state index in [1.807, 2.05) is 0 Å². The molecule has 5 nitrogen and oxygen atoms in total. The Morgan fingerprint density at radius 2 is 1.94 bits per heavy atom. The standard InChI is InChI=1S/C10H15F2NO3.H2O/c1-9(2,3)16-8(15)13-5-7(14)4-10(11,12)6-13;/h4-6H2,1-3H3;1H2. The first-order valence-corrected chi connectivity index (χ1v) is 4.96. The van der Waals surface area contributed by atoms with Gasteiger partial charge in [0.1, 0.15) is 5.60 Å². The number of hydrogen-bond acceptors (Lipinski definition) is 3. The number of Topliss-reactive ketones (excluding diaryl/α,β-unsaturated/α-hetero) is 1. The van der Waals surface area contributed by atoms with Crippen LogP contribution in [0.1, 0.15) is 27.2 Å². The molecule has 7 heteroatoms. The lowest BCUT2D eigenvalue weighted by Gasteiger charge is -2.32. The van der Waals surface area contributed by atoms with E-state index in [-0.39, 0.29) is 12.0 Å². The van der Waals surface area contributed by atoms with Crippen LogP contribution >= 0.6 is 0 Å². The van der Waals surface area contributed by atoms with Crippen LogP contribution in [0.3, 0.4) is 0 Å². The molecule has 0 spiro atoms. The van der Waals surface area contributed by atoms with E-state index in [9.17, 15) is 18.4 Å². The van der Waals surface area contributed by atoms with Crippen molar-refractivity contribution in [2.75, 3.05) is 13.1 Å². The first-order valence-electron chi connectivity index (χ1n) is 4.96. The van der Waals surface area contributed by atoms with Gasteiger partial charge < -0.3 is 10.2 Å². The lowest BCUT2D eigenvalue weighted by atomic mass is 10.1. The highest BCUT2D eigenvalue weighted by atomic mass is 19.3. The van der Waals surface area contributed by atoms with Gasteiger partial charge in [0.25, 0.3) is 5.92 Å². The van der Waals surface area contributed by atoms with Crippen LogP contribution in [0.5, 0.6) is 0 Å². The Labute approximate surface area is 98.0 Å². The minimum absolute atomic E-state index is 0. The number of alkyl halides is 2. The van der Waals surface area contributed by atoms with E-state index >= 15 is 0 Å².